The third-order valence-electron chi connectivity index (χ3n) is 4.88. The minimum Gasteiger partial charge on any atom is -0.340 e. The van der Waals surface area contributed by atoms with Crippen molar-refractivity contribution in [1.29, 1.82) is 0 Å². The number of rotatable bonds is 4. The van der Waals surface area contributed by atoms with Gasteiger partial charge in [0.1, 0.15) is 5.82 Å². The van der Waals surface area contributed by atoms with E-state index in [1.54, 1.807) is 0 Å². The second-order valence-corrected chi connectivity index (χ2v) is 7.78. The van der Waals surface area contributed by atoms with Gasteiger partial charge in [-0.25, -0.2) is 4.98 Å². The fourth-order valence-electron chi connectivity index (χ4n) is 3.29. The molecular weight excluding hydrogens is 368 g/mol. The maximum atomic E-state index is 6.31. The number of fused-ring (bicyclic) bond motifs is 1. The smallest absolute Gasteiger partial charge is 0.165 e. The zero-order valence-electron chi connectivity index (χ0n) is 16.5. The lowest BCUT2D eigenvalue weighted by Gasteiger charge is -2.13. The van der Waals surface area contributed by atoms with E-state index in [-0.39, 0.29) is 0 Å². The van der Waals surface area contributed by atoms with E-state index in [1.165, 1.54) is 0 Å². The summed E-state index contributed by atoms with van der Waals surface area (Å²) in [6.45, 7) is 8.32. The van der Waals surface area contributed by atoms with Crippen LogP contribution in [0.15, 0.2) is 54.6 Å². The molecule has 0 radical (unpaired) electrons. The zero-order chi connectivity index (χ0) is 19.8. The Morgan fingerprint density at radius 2 is 1.75 bits per heavy atom. The minimum atomic E-state index is 0.297. The fraction of sp³-hybridized carbons (Fsp3) is 0.217. The third kappa shape index (κ3) is 3.36. The summed E-state index contributed by atoms with van der Waals surface area (Å²) < 4.78 is 1.89. The number of benzene rings is 2. The Labute approximate surface area is 170 Å². The highest BCUT2D eigenvalue weighted by molar-refractivity contribution is 6.31. The molecule has 0 saturated heterocycles. The summed E-state index contributed by atoms with van der Waals surface area (Å²) in [5.41, 5.74) is 6.98. The largest absolute Gasteiger partial charge is 0.340 e. The number of anilines is 2. The van der Waals surface area contributed by atoms with Crippen LogP contribution in [0.4, 0.5) is 11.5 Å². The van der Waals surface area contributed by atoms with Crippen molar-refractivity contribution in [2.45, 2.75) is 33.6 Å². The van der Waals surface area contributed by atoms with Crippen molar-refractivity contribution in [3.8, 4) is 11.1 Å². The monoisotopic (exact) mass is 390 g/mol. The first-order chi connectivity index (χ1) is 13.4. The maximum Gasteiger partial charge on any atom is 0.165 e. The number of hydrogen-bond donors (Lipinski definition) is 1. The summed E-state index contributed by atoms with van der Waals surface area (Å²) in [6.07, 6.45) is 0. The summed E-state index contributed by atoms with van der Waals surface area (Å²) in [7, 11) is 0. The molecule has 2 aromatic carbocycles. The molecule has 0 aliphatic heterocycles. The molecule has 28 heavy (non-hydrogen) atoms. The second kappa shape index (κ2) is 7.28. The molecular formula is C23H23ClN4. The molecule has 0 unspecified atom stereocenters. The molecule has 0 amide bonds. The van der Waals surface area contributed by atoms with Crippen molar-refractivity contribution in [2.75, 3.05) is 5.32 Å². The van der Waals surface area contributed by atoms with E-state index in [4.69, 9.17) is 21.7 Å². The first-order valence-corrected chi connectivity index (χ1v) is 9.80. The molecule has 0 bridgehead atoms. The number of nitrogens with zero attached hydrogens (tertiary/aromatic N) is 3. The molecule has 5 heteroatoms. The van der Waals surface area contributed by atoms with Crippen molar-refractivity contribution in [3.05, 3.63) is 76.6 Å². The summed E-state index contributed by atoms with van der Waals surface area (Å²) >= 11 is 6.31. The van der Waals surface area contributed by atoms with Crippen molar-refractivity contribution >= 4 is 28.8 Å². The minimum absolute atomic E-state index is 0.297. The molecule has 142 valence electrons. The van der Waals surface area contributed by atoms with Crippen LogP contribution in [0.5, 0.6) is 0 Å². The van der Waals surface area contributed by atoms with Crippen LogP contribution in [-0.4, -0.2) is 14.6 Å². The van der Waals surface area contributed by atoms with Gasteiger partial charge in [0.05, 0.1) is 5.69 Å². The lowest BCUT2D eigenvalue weighted by atomic mass is 10.1. The Morgan fingerprint density at radius 3 is 2.43 bits per heavy atom. The van der Waals surface area contributed by atoms with Gasteiger partial charge >= 0.3 is 0 Å². The number of aromatic nitrogens is 3. The van der Waals surface area contributed by atoms with Gasteiger partial charge < -0.3 is 5.32 Å². The highest BCUT2D eigenvalue weighted by Crippen LogP contribution is 2.32. The summed E-state index contributed by atoms with van der Waals surface area (Å²) in [5.74, 6) is 1.17. The van der Waals surface area contributed by atoms with Gasteiger partial charge in [-0.05, 0) is 43.0 Å². The molecule has 2 aromatic heterocycles. The molecule has 0 saturated carbocycles. The van der Waals surface area contributed by atoms with Gasteiger partial charge in [0.2, 0.25) is 0 Å². The van der Waals surface area contributed by atoms with E-state index in [0.717, 1.165) is 50.3 Å². The SMILES string of the molecule is Cc1ccc(Nc2cc(C(C)C)nc3c(-c4ccccc4)c(C)nn23)cc1Cl. The Balaban J connectivity index is 1.92. The van der Waals surface area contributed by atoms with Crippen LogP contribution in [0.1, 0.15) is 36.7 Å². The van der Waals surface area contributed by atoms with Gasteiger partial charge in [-0.1, -0.05) is 61.8 Å². The molecule has 0 aliphatic carbocycles. The predicted molar refractivity (Wildman–Crippen MR) is 117 cm³/mol. The number of aryl methyl sites for hydroxylation is 2. The van der Waals surface area contributed by atoms with E-state index in [0.29, 0.717) is 5.92 Å². The molecule has 0 fully saturated rings. The van der Waals surface area contributed by atoms with Gasteiger partial charge in [0.25, 0.3) is 0 Å². The van der Waals surface area contributed by atoms with Gasteiger partial charge in [-0.2, -0.15) is 9.61 Å². The highest BCUT2D eigenvalue weighted by atomic mass is 35.5. The molecule has 0 atom stereocenters. The van der Waals surface area contributed by atoms with Gasteiger partial charge in [-0.15, -0.1) is 0 Å². The zero-order valence-corrected chi connectivity index (χ0v) is 17.2. The van der Waals surface area contributed by atoms with Crippen LogP contribution >= 0.6 is 11.6 Å². The molecule has 2 heterocycles. The molecule has 4 nitrogen and oxygen atoms in total. The van der Waals surface area contributed by atoms with Crippen molar-refractivity contribution in [2.24, 2.45) is 0 Å². The van der Waals surface area contributed by atoms with E-state index >= 15 is 0 Å². The summed E-state index contributed by atoms with van der Waals surface area (Å²) in [4.78, 5) is 4.94. The van der Waals surface area contributed by atoms with E-state index in [2.05, 4.69) is 37.4 Å². The second-order valence-electron chi connectivity index (χ2n) is 7.37. The van der Waals surface area contributed by atoms with Gasteiger partial charge in [0, 0.05) is 28.0 Å². The average Bonchev–Trinajstić information content (AvgIpc) is 3.01. The number of nitrogens with one attached hydrogen (secondary N) is 1. The van der Waals surface area contributed by atoms with Crippen molar-refractivity contribution in [3.63, 3.8) is 0 Å². The molecule has 0 aliphatic rings. The number of hydrogen-bond acceptors (Lipinski definition) is 3. The van der Waals surface area contributed by atoms with Crippen LogP contribution in [0, 0.1) is 13.8 Å². The van der Waals surface area contributed by atoms with E-state index in [9.17, 15) is 0 Å². The number of halogens is 1. The normalized spacial score (nSPS) is 11.4. The first-order valence-electron chi connectivity index (χ1n) is 9.43. The summed E-state index contributed by atoms with van der Waals surface area (Å²) in [5, 5.41) is 9.00. The summed E-state index contributed by atoms with van der Waals surface area (Å²) in [6, 6.07) is 18.3. The third-order valence-corrected chi connectivity index (χ3v) is 5.29. The quantitative estimate of drug-likeness (QED) is 0.430. The van der Waals surface area contributed by atoms with Crippen LogP contribution in [0.25, 0.3) is 16.8 Å². The van der Waals surface area contributed by atoms with Gasteiger partial charge in [-0.3, -0.25) is 0 Å². The fourth-order valence-corrected chi connectivity index (χ4v) is 3.47. The van der Waals surface area contributed by atoms with Crippen LogP contribution in [0.3, 0.4) is 0 Å². The average molecular weight is 391 g/mol. The Bertz CT molecular complexity index is 1150. The molecule has 4 rings (SSSR count). The van der Waals surface area contributed by atoms with Crippen molar-refractivity contribution in [1.82, 2.24) is 14.6 Å². The first kappa shape index (κ1) is 18.5. The predicted octanol–water partition coefficient (Wildman–Crippen LogP) is 6.53. The van der Waals surface area contributed by atoms with Crippen molar-refractivity contribution < 1.29 is 0 Å². The molecule has 4 aromatic rings. The lowest BCUT2D eigenvalue weighted by molar-refractivity contribution is 0.810. The standard InChI is InChI=1S/C23H23ClN4/c1-14(2)20-13-21(25-18-11-10-15(3)19(24)12-18)28-23(26-20)22(16(4)27-28)17-8-6-5-7-9-17/h5-14,25H,1-4H3. The van der Waals surface area contributed by atoms with E-state index < -0.39 is 0 Å². The Hall–Kier alpha value is -2.85. The molecule has 1 N–H and O–H groups in total. The highest BCUT2D eigenvalue weighted by Gasteiger charge is 2.18. The van der Waals surface area contributed by atoms with Crippen LogP contribution in [-0.2, 0) is 0 Å². The van der Waals surface area contributed by atoms with Crippen LogP contribution < -0.4 is 5.32 Å². The van der Waals surface area contributed by atoms with Gasteiger partial charge in [0.15, 0.2) is 5.65 Å². The van der Waals surface area contributed by atoms with E-state index in [1.807, 2.05) is 54.8 Å². The Morgan fingerprint density at radius 1 is 1.00 bits per heavy atom. The molecule has 0 spiro atoms. The topological polar surface area (TPSA) is 42.2 Å². The van der Waals surface area contributed by atoms with Crippen LogP contribution in [0.2, 0.25) is 5.02 Å². The Kier molecular flexibility index (Phi) is 4.82. The lowest BCUT2D eigenvalue weighted by Crippen LogP contribution is -2.05. The maximum absolute atomic E-state index is 6.31.